The number of rotatable bonds is 7. The first-order chi connectivity index (χ1) is 11.4. The number of carbonyl (C=O) groups is 1. The maximum Gasteiger partial charge on any atom is 0.230 e. The summed E-state index contributed by atoms with van der Waals surface area (Å²) in [6, 6.07) is 6.12. The Hall–Kier alpha value is -0.560. The van der Waals surface area contributed by atoms with Gasteiger partial charge in [0.15, 0.2) is 0 Å². The number of nitrogens with zero attached hydrogens (tertiary/aromatic N) is 1. The standard InChI is InChI=1S/C18H27BrN2O2S/c1-13(2)10-21-6-7-23-16(11-21)9-20-18(22)12-24-17-5-4-15(19)8-14(17)3/h4-5,8,13,16H,6-7,9-12H2,1-3H3,(H,20,22). The highest BCUT2D eigenvalue weighted by Crippen LogP contribution is 2.25. The third-order valence-electron chi connectivity index (χ3n) is 3.87. The molecule has 1 amide bonds. The second-order valence-electron chi connectivity index (χ2n) is 6.65. The molecule has 134 valence electrons. The third kappa shape index (κ3) is 6.75. The number of halogens is 1. The average molecular weight is 415 g/mol. The molecule has 1 saturated heterocycles. The van der Waals surface area contributed by atoms with E-state index in [4.69, 9.17) is 4.74 Å². The Morgan fingerprint density at radius 2 is 2.29 bits per heavy atom. The number of benzene rings is 1. The van der Waals surface area contributed by atoms with Crippen molar-refractivity contribution in [3.63, 3.8) is 0 Å². The van der Waals surface area contributed by atoms with E-state index in [0.717, 1.165) is 35.6 Å². The second kappa shape index (κ2) is 9.80. The Balaban J connectivity index is 1.71. The van der Waals surface area contributed by atoms with E-state index >= 15 is 0 Å². The molecule has 0 radical (unpaired) electrons. The molecule has 0 spiro atoms. The molecule has 2 rings (SSSR count). The topological polar surface area (TPSA) is 41.6 Å². The van der Waals surface area contributed by atoms with Crippen molar-refractivity contribution in [1.29, 1.82) is 0 Å². The van der Waals surface area contributed by atoms with E-state index < -0.39 is 0 Å². The van der Waals surface area contributed by atoms with Crippen LogP contribution in [0.2, 0.25) is 0 Å². The first kappa shape index (κ1) is 19.8. The SMILES string of the molecule is Cc1cc(Br)ccc1SCC(=O)NCC1CN(CC(C)C)CCO1. The Kier molecular flexibility index (Phi) is 8.07. The number of morpholine rings is 1. The van der Waals surface area contributed by atoms with Crippen LogP contribution in [0, 0.1) is 12.8 Å². The number of ether oxygens (including phenoxy) is 1. The molecule has 1 aromatic carbocycles. The van der Waals surface area contributed by atoms with Gasteiger partial charge in [-0.05, 0) is 36.6 Å². The zero-order valence-corrected chi connectivity index (χ0v) is 17.1. The maximum atomic E-state index is 12.1. The monoisotopic (exact) mass is 414 g/mol. The number of amides is 1. The van der Waals surface area contributed by atoms with Gasteiger partial charge in [0, 0.05) is 35.5 Å². The summed E-state index contributed by atoms with van der Waals surface area (Å²) in [5.41, 5.74) is 1.18. The normalized spacial score (nSPS) is 18.8. The minimum absolute atomic E-state index is 0.0619. The molecule has 0 saturated carbocycles. The smallest absolute Gasteiger partial charge is 0.230 e. The molecule has 0 bridgehead atoms. The molecule has 24 heavy (non-hydrogen) atoms. The highest BCUT2D eigenvalue weighted by atomic mass is 79.9. The predicted molar refractivity (Wildman–Crippen MR) is 104 cm³/mol. The van der Waals surface area contributed by atoms with Crippen LogP contribution in [0.1, 0.15) is 19.4 Å². The molecule has 1 aliphatic rings. The molecule has 0 aromatic heterocycles. The molecule has 1 heterocycles. The molecule has 1 N–H and O–H groups in total. The lowest BCUT2D eigenvalue weighted by atomic mass is 10.2. The van der Waals surface area contributed by atoms with Crippen LogP contribution in [0.4, 0.5) is 0 Å². The van der Waals surface area contributed by atoms with Gasteiger partial charge in [0.2, 0.25) is 5.91 Å². The van der Waals surface area contributed by atoms with Crippen molar-refractivity contribution in [2.24, 2.45) is 5.92 Å². The van der Waals surface area contributed by atoms with Gasteiger partial charge in [-0.2, -0.15) is 0 Å². The first-order valence-corrected chi connectivity index (χ1v) is 10.2. The summed E-state index contributed by atoms with van der Waals surface area (Å²) in [6.07, 6.45) is 0.0980. The van der Waals surface area contributed by atoms with Crippen LogP contribution < -0.4 is 5.32 Å². The lowest BCUT2D eigenvalue weighted by Crippen LogP contribution is -2.48. The number of carbonyl (C=O) groups excluding carboxylic acids is 1. The molecular weight excluding hydrogens is 388 g/mol. The summed E-state index contributed by atoms with van der Waals surface area (Å²) in [7, 11) is 0. The van der Waals surface area contributed by atoms with E-state index in [-0.39, 0.29) is 12.0 Å². The Labute approximate surface area is 157 Å². The van der Waals surface area contributed by atoms with Crippen molar-refractivity contribution in [2.75, 3.05) is 38.5 Å². The molecule has 1 atom stereocenters. The number of hydrogen-bond donors (Lipinski definition) is 1. The highest BCUT2D eigenvalue weighted by Gasteiger charge is 2.21. The van der Waals surface area contributed by atoms with E-state index in [0.29, 0.717) is 18.2 Å². The van der Waals surface area contributed by atoms with Gasteiger partial charge in [-0.1, -0.05) is 29.8 Å². The van der Waals surface area contributed by atoms with Crippen LogP contribution in [-0.4, -0.2) is 55.4 Å². The predicted octanol–water partition coefficient (Wildman–Crippen LogP) is 3.32. The zero-order valence-electron chi connectivity index (χ0n) is 14.7. The molecule has 1 fully saturated rings. The quantitative estimate of drug-likeness (QED) is 0.694. The number of aryl methyl sites for hydroxylation is 1. The summed E-state index contributed by atoms with van der Waals surface area (Å²) in [6.45, 7) is 10.8. The van der Waals surface area contributed by atoms with Gasteiger partial charge in [0.1, 0.15) is 0 Å². The summed E-state index contributed by atoms with van der Waals surface area (Å²) >= 11 is 5.03. The largest absolute Gasteiger partial charge is 0.374 e. The van der Waals surface area contributed by atoms with Gasteiger partial charge in [-0.25, -0.2) is 0 Å². The fourth-order valence-electron chi connectivity index (χ4n) is 2.78. The molecule has 6 heteroatoms. The van der Waals surface area contributed by atoms with Crippen molar-refractivity contribution in [1.82, 2.24) is 10.2 Å². The minimum Gasteiger partial charge on any atom is -0.374 e. The van der Waals surface area contributed by atoms with Gasteiger partial charge in [0.25, 0.3) is 0 Å². The summed E-state index contributed by atoms with van der Waals surface area (Å²) in [4.78, 5) is 15.7. The van der Waals surface area contributed by atoms with Crippen LogP contribution in [0.15, 0.2) is 27.6 Å². The number of hydrogen-bond acceptors (Lipinski definition) is 4. The summed E-state index contributed by atoms with van der Waals surface area (Å²) in [5, 5.41) is 3.01. The van der Waals surface area contributed by atoms with Crippen LogP contribution in [0.5, 0.6) is 0 Å². The molecule has 1 aromatic rings. The van der Waals surface area contributed by atoms with E-state index in [1.165, 1.54) is 5.56 Å². The van der Waals surface area contributed by atoms with Crippen LogP contribution in [0.3, 0.4) is 0 Å². The van der Waals surface area contributed by atoms with E-state index in [1.807, 2.05) is 12.1 Å². The molecule has 0 aliphatic carbocycles. The van der Waals surface area contributed by atoms with Gasteiger partial charge in [0.05, 0.1) is 18.5 Å². The maximum absolute atomic E-state index is 12.1. The number of thioether (sulfide) groups is 1. The number of nitrogens with one attached hydrogen (secondary N) is 1. The molecule has 1 aliphatic heterocycles. The van der Waals surface area contributed by atoms with Crippen LogP contribution in [-0.2, 0) is 9.53 Å². The van der Waals surface area contributed by atoms with Gasteiger partial charge < -0.3 is 10.1 Å². The van der Waals surface area contributed by atoms with Gasteiger partial charge in [-0.15, -0.1) is 11.8 Å². The first-order valence-electron chi connectivity index (χ1n) is 8.43. The van der Waals surface area contributed by atoms with E-state index in [2.05, 4.69) is 53.0 Å². The molecule has 1 unspecified atom stereocenters. The molecule has 4 nitrogen and oxygen atoms in total. The Morgan fingerprint density at radius 3 is 3.00 bits per heavy atom. The van der Waals surface area contributed by atoms with Crippen molar-refractivity contribution in [3.05, 3.63) is 28.2 Å². The highest BCUT2D eigenvalue weighted by molar-refractivity contribution is 9.10. The fourth-order valence-corrected chi connectivity index (χ4v) is 4.10. The average Bonchev–Trinajstić information content (AvgIpc) is 2.52. The van der Waals surface area contributed by atoms with Crippen LogP contribution >= 0.6 is 27.7 Å². The summed E-state index contributed by atoms with van der Waals surface area (Å²) < 4.78 is 6.83. The van der Waals surface area contributed by atoms with E-state index in [1.54, 1.807) is 11.8 Å². The van der Waals surface area contributed by atoms with E-state index in [9.17, 15) is 4.79 Å². The lowest BCUT2D eigenvalue weighted by molar-refractivity contribution is -0.119. The van der Waals surface area contributed by atoms with Gasteiger partial charge in [-0.3, -0.25) is 9.69 Å². The van der Waals surface area contributed by atoms with Crippen molar-refractivity contribution < 1.29 is 9.53 Å². The lowest BCUT2D eigenvalue weighted by Gasteiger charge is -2.33. The van der Waals surface area contributed by atoms with Crippen molar-refractivity contribution in [2.45, 2.75) is 31.8 Å². The third-order valence-corrected chi connectivity index (χ3v) is 5.54. The Morgan fingerprint density at radius 1 is 1.50 bits per heavy atom. The van der Waals surface area contributed by atoms with Crippen molar-refractivity contribution >= 4 is 33.6 Å². The zero-order chi connectivity index (χ0) is 17.5. The Bertz CT molecular complexity index is 554. The fraction of sp³-hybridized carbons (Fsp3) is 0.611. The summed E-state index contributed by atoms with van der Waals surface area (Å²) in [5.74, 6) is 1.15. The molecular formula is C18H27BrN2O2S. The van der Waals surface area contributed by atoms with Crippen LogP contribution in [0.25, 0.3) is 0 Å². The van der Waals surface area contributed by atoms with Crippen molar-refractivity contribution in [3.8, 4) is 0 Å². The second-order valence-corrected chi connectivity index (χ2v) is 8.58. The minimum atomic E-state index is 0.0619. The van der Waals surface area contributed by atoms with Gasteiger partial charge >= 0.3 is 0 Å².